The Kier molecular flexibility index (Phi) is 1.74. The number of hydrogen-bond donors (Lipinski definition) is 1. The topological polar surface area (TPSA) is 55.8 Å². The van der Waals surface area contributed by atoms with Crippen molar-refractivity contribution in [3.05, 3.63) is 0 Å². The van der Waals surface area contributed by atoms with Crippen LogP contribution >= 0.6 is 7.82 Å². The van der Waals surface area contributed by atoms with Gasteiger partial charge in [-0.05, 0) is 27.7 Å². The Hall–Kier alpha value is 0.110. The third-order valence-electron chi connectivity index (χ3n) is 2.14. The molecule has 0 bridgehead atoms. The second kappa shape index (κ2) is 2.07. The van der Waals surface area contributed by atoms with Crippen molar-refractivity contribution in [3.8, 4) is 0 Å². The summed E-state index contributed by atoms with van der Waals surface area (Å²) in [6.07, 6.45) is 0. The van der Waals surface area contributed by atoms with Crippen LogP contribution in [-0.4, -0.2) is 16.1 Å². The molecule has 1 saturated heterocycles. The van der Waals surface area contributed by atoms with Crippen LogP contribution in [0.25, 0.3) is 0 Å². The molecule has 1 N–H and O–H groups in total. The molecular weight excluding hydrogens is 167 g/mol. The highest BCUT2D eigenvalue weighted by molar-refractivity contribution is 7.47. The molecule has 66 valence electrons. The Morgan fingerprint density at radius 3 is 1.45 bits per heavy atom. The third kappa shape index (κ3) is 1.49. The summed E-state index contributed by atoms with van der Waals surface area (Å²) in [5.74, 6) is 0. The molecule has 0 aromatic heterocycles. The molecule has 0 spiro atoms. The normalized spacial score (nSPS) is 32.1. The molecule has 0 aromatic rings. The first kappa shape index (κ1) is 9.20. The Morgan fingerprint density at radius 2 is 1.36 bits per heavy atom. The molecule has 1 fully saturated rings. The maximum atomic E-state index is 11.0. The SMILES string of the molecule is CC1(C)OP(=O)(O)OC1(C)C. The van der Waals surface area contributed by atoms with E-state index in [1.165, 1.54) is 0 Å². The van der Waals surface area contributed by atoms with E-state index in [-0.39, 0.29) is 0 Å². The van der Waals surface area contributed by atoms with Crippen LogP contribution in [0.5, 0.6) is 0 Å². The van der Waals surface area contributed by atoms with Crippen LogP contribution in [0.15, 0.2) is 0 Å². The lowest BCUT2D eigenvalue weighted by molar-refractivity contribution is 0.00578. The van der Waals surface area contributed by atoms with Gasteiger partial charge in [-0.3, -0.25) is 9.05 Å². The van der Waals surface area contributed by atoms with Gasteiger partial charge in [0.05, 0.1) is 0 Å². The highest BCUT2D eigenvalue weighted by Gasteiger charge is 2.55. The highest BCUT2D eigenvalue weighted by atomic mass is 31.2. The fourth-order valence-corrected chi connectivity index (χ4v) is 2.45. The predicted octanol–water partition coefficient (Wildman–Crippen LogP) is 1.69. The zero-order valence-electron chi connectivity index (χ0n) is 7.12. The van der Waals surface area contributed by atoms with Crippen molar-refractivity contribution in [2.24, 2.45) is 0 Å². The van der Waals surface area contributed by atoms with Crippen molar-refractivity contribution in [1.82, 2.24) is 0 Å². The second-order valence-electron chi connectivity index (χ2n) is 3.67. The van der Waals surface area contributed by atoms with Crippen LogP contribution < -0.4 is 0 Å². The molecule has 5 heteroatoms. The fourth-order valence-electron chi connectivity index (χ4n) is 0.815. The van der Waals surface area contributed by atoms with Crippen molar-refractivity contribution in [2.45, 2.75) is 38.9 Å². The Balaban J connectivity index is 2.98. The van der Waals surface area contributed by atoms with E-state index >= 15 is 0 Å². The van der Waals surface area contributed by atoms with Crippen molar-refractivity contribution in [3.63, 3.8) is 0 Å². The third-order valence-corrected chi connectivity index (χ3v) is 3.51. The minimum absolute atomic E-state index is 0.711. The summed E-state index contributed by atoms with van der Waals surface area (Å²) in [5.41, 5.74) is -1.42. The smallest absolute Gasteiger partial charge is 0.302 e. The van der Waals surface area contributed by atoms with Gasteiger partial charge in [-0.1, -0.05) is 0 Å². The molecule has 1 aliphatic heterocycles. The molecule has 4 nitrogen and oxygen atoms in total. The van der Waals surface area contributed by atoms with Gasteiger partial charge in [0.15, 0.2) is 0 Å². The van der Waals surface area contributed by atoms with Gasteiger partial charge in [0, 0.05) is 0 Å². The number of hydrogen-bond acceptors (Lipinski definition) is 3. The molecular formula is C6H13O4P. The molecule has 0 aliphatic carbocycles. The van der Waals surface area contributed by atoms with Crippen LogP contribution in [0.4, 0.5) is 0 Å². The van der Waals surface area contributed by atoms with E-state index < -0.39 is 19.0 Å². The highest BCUT2D eigenvalue weighted by Crippen LogP contribution is 2.60. The summed E-state index contributed by atoms with van der Waals surface area (Å²) in [5, 5.41) is 0. The molecule has 0 amide bonds. The van der Waals surface area contributed by atoms with Gasteiger partial charge in [-0.15, -0.1) is 0 Å². The number of phosphoric ester groups is 1. The Morgan fingerprint density at radius 1 is 1.09 bits per heavy atom. The lowest BCUT2D eigenvalue weighted by Crippen LogP contribution is -2.41. The summed E-state index contributed by atoms with van der Waals surface area (Å²) in [6, 6.07) is 0. The first-order chi connectivity index (χ1) is 4.66. The number of phosphoric acid groups is 1. The Bertz CT molecular complexity index is 201. The minimum Gasteiger partial charge on any atom is -0.302 e. The van der Waals surface area contributed by atoms with E-state index in [0.29, 0.717) is 0 Å². The summed E-state index contributed by atoms with van der Waals surface area (Å²) >= 11 is 0. The first-order valence-corrected chi connectivity index (χ1v) is 4.90. The first-order valence-electron chi connectivity index (χ1n) is 3.41. The van der Waals surface area contributed by atoms with E-state index in [2.05, 4.69) is 0 Å². The molecule has 1 rings (SSSR count). The van der Waals surface area contributed by atoms with Gasteiger partial charge >= 0.3 is 7.82 Å². The fraction of sp³-hybridized carbons (Fsp3) is 1.00. The zero-order chi connectivity index (χ0) is 8.91. The average Bonchev–Trinajstić information content (AvgIpc) is 1.66. The van der Waals surface area contributed by atoms with E-state index in [0.717, 1.165) is 0 Å². The quantitative estimate of drug-likeness (QED) is 0.576. The maximum Gasteiger partial charge on any atom is 0.473 e. The van der Waals surface area contributed by atoms with Crippen LogP contribution in [0.1, 0.15) is 27.7 Å². The average molecular weight is 180 g/mol. The molecule has 0 aromatic carbocycles. The van der Waals surface area contributed by atoms with Crippen LogP contribution in [0.3, 0.4) is 0 Å². The lowest BCUT2D eigenvalue weighted by atomic mass is 9.90. The van der Waals surface area contributed by atoms with E-state index in [1.54, 1.807) is 27.7 Å². The van der Waals surface area contributed by atoms with Crippen molar-refractivity contribution in [1.29, 1.82) is 0 Å². The Labute approximate surface area is 66.1 Å². The largest absolute Gasteiger partial charge is 0.473 e. The summed E-state index contributed by atoms with van der Waals surface area (Å²) in [6.45, 7) is 6.90. The van der Waals surface area contributed by atoms with Gasteiger partial charge < -0.3 is 4.89 Å². The molecule has 1 heterocycles. The van der Waals surface area contributed by atoms with E-state index in [9.17, 15) is 4.57 Å². The van der Waals surface area contributed by atoms with Gasteiger partial charge in [-0.2, -0.15) is 0 Å². The van der Waals surface area contributed by atoms with E-state index in [1.807, 2.05) is 0 Å². The molecule has 0 atom stereocenters. The predicted molar refractivity (Wildman–Crippen MR) is 40.2 cm³/mol. The van der Waals surface area contributed by atoms with Crippen molar-refractivity contribution < 1.29 is 18.5 Å². The standard InChI is InChI=1S/C6H13O4P/c1-5(2)6(3,4)10-11(7,8)9-5/h1-4H3,(H,7,8). The zero-order valence-corrected chi connectivity index (χ0v) is 8.01. The summed E-state index contributed by atoms with van der Waals surface area (Å²) in [4.78, 5) is 8.98. The lowest BCUT2D eigenvalue weighted by Gasteiger charge is -2.28. The second-order valence-corrected chi connectivity index (χ2v) is 4.97. The van der Waals surface area contributed by atoms with Crippen LogP contribution in [0.2, 0.25) is 0 Å². The summed E-state index contributed by atoms with van der Waals surface area (Å²) in [7, 11) is -3.79. The minimum atomic E-state index is -3.79. The van der Waals surface area contributed by atoms with Gasteiger partial charge in [-0.25, -0.2) is 4.57 Å². The molecule has 0 radical (unpaired) electrons. The molecule has 11 heavy (non-hydrogen) atoms. The molecule has 1 aliphatic rings. The van der Waals surface area contributed by atoms with Gasteiger partial charge in [0.25, 0.3) is 0 Å². The van der Waals surface area contributed by atoms with Gasteiger partial charge in [0.2, 0.25) is 0 Å². The van der Waals surface area contributed by atoms with Crippen molar-refractivity contribution >= 4 is 7.82 Å². The van der Waals surface area contributed by atoms with Gasteiger partial charge in [0.1, 0.15) is 11.2 Å². The molecule has 0 saturated carbocycles. The van der Waals surface area contributed by atoms with E-state index in [4.69, 9.17) is 13.9 Å². The summed E-state index contributed by atoms with van der Waals surface area (Å²) < 4.78 is 20.6. The monoisotopic (exact) mass is 180 g/mol. The van der Waals surface area contributed by atoms with Crippen molar-refractivity contribution in [2.75, 3.05) is 0 Å². The van der Waals surface area contributed by atoms with Crippen LogP contribution in [0, 0.1) is 0 Å². The number of rotatable bonds is 0. The van der Waals surface area contributed by atoms with Crippen LogP contribution in [-0.2, 0) is 13.6 Å². The maximum absolute atomic E-state index is 11.0. The molecule has 0 unspecified atom stereocenters.